The van der Waals surface area contributed by atoms with E-state index in [9.17, 15) is 4.79 Å². The first-order valence-corrected chi connectivity index (χ1v) is 5.62. The van der Waals surface area contributed by atoms with Crippen molar-refractivity contribution in [3.05, 3.63) is 0 Å². The molecule has 0 bridgehead atoms. The summed E-state index contributed by atoms with van der Waals surface area (Å²) in [7, 11) is 1.86. The van der Waals surface area contributed by atoms with Crippen LogP contribution in [0.4, 0.5) is 0 Å². The predicted molar refractivity (Wildman–Crippen MR) is 52.4 cm³/mol. The van der Waals surface area contributed by atoms with E-state index in [-0.39, 0.29) is 11.9 Å². The molecule has 1 aliphatic rings. The monoisotopic (exact) mass is 188 g/mol. The van der Waals surface area contributed by atoms with Crippen LogP contribution in [0.15, 0.2) is 0 Å². The smallest absolute Gasteiger partial charge is 0.239 e. The first kappa shape index (κ1) is 9.86. The summed E-state index contributed by atoms with van der Waals surface area (Å²) in [6.07, 6.45) is 3.04. The standard InChI is InChI=1S/C8H16N2OS/c1-10-5-3-7(8(10)11)9-4-6-12-2/h7,9H,3-6H2,1-2H3. The minimum atomic E-state index is 0.0853. The molecule has 0 aromatic rings. The Kier molecular flexibility index (Phi) is 3.88. The van der Waals surface area contributed by atoms with Crippen LogP contribution in [0.2, 0.25) is 0 Å². The highest BCUT2D eigenvalue weighted by Crippen LogP contribution is 2.07. The minimum Gasteiger partial charge on any atom is -0.344 e. The van der Waals surface area contributed by atoms with Crippen LogP contribution in [-0.2, 0) is 4.79 Å². The summed E-state index contributed by atoms with van der Waals surface area (Å²) >= 11 is 1.80. The molecular weight excluding hydrogens is 172 g/mol. The van der Waals surface area contributed by atoms with Gasteiger partial charge in [0.15, 0.2) is 0 Å². The molecule has 0 radical (unpaired) electrons. The average molecular weight is 188 g/mol. The fraction of sp³-hybridized carbons (Fsp3) is 0.875. The summed E-state index contributed by atoms with van der Waals surface area (Å²) < 4.78 is 0. The molecule has 70 valence electrons. The molecule has 1 amide bonds. The van der Waals surface area contributed by atoms with Gasteiger partial charge in [-0.05, 0) is 12.7 Å². The van der Waals surface area contributed by atoms with Gasteiger partial charge in [0.2, 0.25) is 5.91 Å². The van der Waals surface area contributed by atoms with Crippen molar-refractivity contribution in [3.63, 3.8) is 0 Å². The van der Waals surface area contributed by atoms with Gasteiger partial charge in [-0.3, -0.25) is 4.79 Å². The SMILES string of the molecule is CSCCNC1CCN(C)C1=O. The molecule has 1 rings (SSSR count). The quantitative estimate of drug-likeness (QED) is 0.638. The maximum atomic E-state index is 11.4. The number of carbonyl (C=O) groups excluding carboxylic acids is 1. The van der Waals surface area contributed by atoms with Gasteiger partial charge in [-0.25, -0.2) is 0 Å². The summed E-state index contributed by atoms with van der Waals surface area (Å²) in [5.41, 5.74) is 0. The summed E-state index contributed by atoms with van der Waals surface area (Å²) in [6, 6.07) is 0.0853. The third kappa shape index (κ3) is 2.38. The summed E-state index contributed by atoms with van der Waals surface area (Å²) in [5.74, 6) is 1.32. The van der Waals surface area contributed by atoms with E-state index in [4.69, 9.17) is 0 Å². The van der Waals surface area contributed by atoms with Crippen LogP contribution < -0.4 is 5.32 Å². The Labute approximate surface area is 77.9 Å². The molecule has 1 saturated heterocycles. The molecule has 0 aromatic heterocycles. The Morgan fingerprint density at radius 3 is 3.00 bits per heavy atom. The van der Waals surface area contributed by atoms with E-state index in [2.05, 4.69) is 11.6 Å². The second kappa shape index (κ2) is 4.72. The van der Waals surface area contributed by atoms with Gasteiger partial charge in [-0.15, -0.1) is 0 Å². The van der Waals surface area contributed by atoms with Gasteiger partial charge in [0.05, 0.1) is 6.04 Å². The van der Waals surface area contributed by atoms with Gasteiger partial charge in [-0.2, -0.15) is 11.8 Å². The Balaban J connectivity index is 2.20. The number of nitrogens with one attached hydrogen (secondary N) is 1. The van der Waals surface area contributed by atoms with Gasteiger partial charge >= 0.3 is 0 Å². The average Bonchev–Trinajstić information content (AvgIpc) is 2.36. The lowest BCUT2D eigenvalue weighted by Crippen LogP contribution is -2.37. The topological polar surface area (TPSA) is 32.3 Å². The van der Waals surface area contributed by atoms with Crippen LogP contribution in [-0.4, -0.2) is 49.0 Å². The van der Waals surface area contributed by atoms with E-state index in [1.54, 1.807) is 16.7 Å². The van der Waals surface area contributed by atoms with E-state index in [0.29, 0.717) is 0 Å². The third-order valence-electron chi connectivity index (χ3n) is 2.12. The predicted octanol–water partition coefficient (Wildman–Crippen LogP) is 0.170. The summed E-state index contributed by atoms with van der Waals surface area (Å²) in [4.78, 5) is 13.1. The highest BCUT2D eigenvalue weighted by molar-refractivity contribution is 7.98. The molecule has 1 aliphatic heterocycles. The summed E-state index contributed by atoms with van der Waals surface area (Å²) in [5, 5.41) is 3.25. The maximum absolute atomic E-state index is 11.4. The zero-order valence-corrected chi connectivity index (χ0v) is 8.49. The normalized spacial score (nSPS) is 23.7. The van der Waals surface area contributed by atoms with Crippen LogP contribution >= 0.6 is 11.8 Å². The van der Waals surface area contributed by atoms with Gasteiger partial charge < -0.3 is 10.2 Å². The zero-order chi connectivity index (χ0) is 8.97. The zero-order valence-electron chi connectivity index (χ0n) is 7.67. The minimum absolute atomic E-state index is 0.0853. The lowest BCUT2D eigenvalue weighted by Gasteiger charge is -2.11. The van der Waals surface area contributed by atoms with Gasteiger partial charge in [0.25, 0.3) is 0 Å². The molecule has 0 spiro atoms. The van der Waals surface area contributed by atoms with Crippen LogP contribution in [0.3, 0.4) is 0 Å². The van der Waals surface area contributed by atoms with E-state index in [1.165, 1.54) is 0 Å². The van der Waals surface area contributed by atoms with Crippen molar-refractivity contribution >= 4 is 17.7 Å². The van der Waals surface area contributed by atoms with Crippen molar-refractivity contribution < 1.29 is 4.79 Å². The molecule has 0 aromatic carbocycles. The number of amides is 1. The molecule has 1 N–H and O–H groups in total. The number of likely N-dealkylation sites (N-methyl/N-ethyl adjacent to an activating group) is 1. The first-order valence-electron chi connectivity index (χ1n) is 4.23. The van der Waals surface area contributed by atoms with E-state index < -0.39 is 0 Å². The number of carbonyl (C=O) groups is 1. The van der Waals surface area contributed by atoms with E-state index in [0.717, 1.165) is 25.3 Å². The van der Waals surface area contributed by atoms with Crippen molar-refractivity contribution in [2.45, 2.75) is 12.5 Å². The van der Waals surface area contributed by atoms with Crippen molar-refractivity contribution in [1.29, 1.82) is 0 Å². The molecule has 1 unspecified atom stereocenters. The Hall–Kier alpha value is -0.220. The van der Waals surface area contributed by atoms with E-state index in [1.807, 2.05) is 7.05 Å². The number of hydrogen-bond donors (Lipinski definition) is 1. The molecule has 12 heavy (non-hydrogen) atoms. The number of likely N-dealkylation sites (tertiary alicyclic amines) is 1. The van der Waals surface area contributed by atoms with Crippen molar-refractivity contribution in [2.24, 2.45) is 0 Å². The van der Waals surface area contributed by atoms with Crippen molar-refractivity contribution in [2.75, 3.05) is 32.1 Å². The van der Waals surface area contributed by atoms with Crippen LogP contribution in [0.5, 0.6) is 0 Å². The number of hydrogen-bond acceptors (Lipinski definition) is 3. The van der Waals surface area contributed by atoms with Crippen molar-refractivity contribution in [1.82, 2.24) is 10.2 Å². The summed E-state index contributed by atoms with van der Waals surface area (Å²) in [6.45, 7) is 1.83. The third-order valence-corrected chi connectivity index (χ3v) is 2.74. The highest BCUT2D eigenvalue weighted by Gasteiger charge is 2.27. The van der Waals surface area contributed by atoms with E-state index >= 15 is 0 Å². The maximum Gasteiger partial charge on any atom is 0.239 e. The molecule has 0 aliphatic carbocycles. The van der Waals surface area contributed by atoms with Crippen LogP contribution in [0, 0.1) is 0 Å². The molecule has 1 fully saturated rings. The number of thioether (sulfide) groups is 1. The Morgan fingerprint density at radius 1 is 1.75 bits per heavy atom. The molecular formula is C8H16N2OS. The fourth-order valence-electron chi connectivity index (χ4n) is 1.35. The second-order valence-electron chi connectivity index (χ2n) is 3.05. The van der Waals surface area contributed by atoms with Gasteiger partial charge in [0.1, 0.15) is 0 Å². The highest BCUT2D eigenvalue weighted by atomic mass is 32.2. The lowest BCUT2D eigenvalue weighted by atomic mass is 10.2. The van der Waals surface area contributed by atoms with Crippen molar-refractivity contribution in [3.8, 4) is 0 Å². The molecule has 3 nitrogen and oxygen atoms in total. The number of nitrogens with zero attached hydrogens (tertiary/aromatic N) is 1. The second-order valence-corrected chi connectivity index (χ2v) is 4.03. The molecule has 1 heterocycles. The largest absolute Gasteiger partial charge is 0.344 e. The van der Waals surface area contributed by atoms with Gasteiger partial charge in [-0.1, -0.05) is 0 Å². The molecule has 4 heteroatoms. The molecule has 1 atom stereocenters. The lowest BCUT2D eigenvalue weighted by molar-refractivity contribution is -0.128. The molecule has 0 saturated carbocycles. The fourth-order valence-corrected chi connectivity index (χ4v) is 1.67. The van der Waals surface area contributed by atoms with Crippen LogP contribution in [0.1, 0.15) is 6.42 Å². The van der Waals surface area contributed by atoms with Crippen LogP contribution in [0.25, 0.3) is 0 Å². The Morgan fingerprint density at radius 2 is 2.50 bits per heavy atom. The Bertz CT molecular complexity index is 163. The first-order chi connectivity index (χ1) is 5.75. The number of rotatable bonds is 4. The van der Waals surface area contributed by atoms with Gasteiger partial charge in [0, 0.05) is 25.9 Å².